The highest BCUT2D eigenvalue weighted by Crippen LogP contribution is 2.31. The van der Waals surface area contributed by atoms with Gasteiger partial charge in [-0.05, 0) is 23.8 Å². The Hall–Kier alpha value is -1.55. The highest BCUT2D eigenvalue weighted by molar-refractivity contribution is 5.99. The number of benzene rings is 1. The van der Waals surface area contributed by atoms with Crippen molar-refractivity contribution in [2.24, 2.45) is 0 Å². The van der Waals surface area contributed by atoms with Crippen LogP contribution >= 0.6 is 0 Å². The highest BCUT2D eigenvalue weighted by atomic mass is 16.7. The number of hydrogen-bond donors (Lipinski definition) is 1. The molecule has 13 heavy (non-hydrogen) atoms. The van der Waals surface area contributed by atoms with Gasteiger partial charge in [-0.3, -0.25) is 9.63 Å². The van der Waals surface area contributed by atoms with E-state index in [0.29, 0.717) is 5.69 Å². The van der Waals surface area contributed by atoms with Crippen LogP contribution in [0.1, 0.15) is 5.56 Å². The van der Waals surface area contributed by atoms with Crippen LogP contribution < -0.4 is 5.06 Å². The summed E-state index contributed by atoms with van der Waals surface area (Å²) < 4.78 is 0. The molecule has 0 unspecified atom stereocenters. The summed E-state index contributed by atoms with van der Waals surface area (Å²) in [5.74, 6) is 0.0626. The molecule has 1 heterocycles. The second-order valence-electron chi connectivity index (χ2n) is 2.86. The number of aromatic hydroxyl groups is 1. The topological polar surface area (TPSA) is 49.8 Å². The molecular formula is C9H9NO3. The van der Waals surface area contributed by atoms with Crippen LogP contribution in [-0.4, -0.2) is 18.1 Å². The van der Waals surface area contributed by atoms with Gasteiger partial charge in [0.15, 0.2) is 0 Å². The maximum absolute atomic E-state index is 11.3. The fourth-order valence-corrected chi connectivity index (χ4v) is 1.48. The zero-order valence-electron chi connectivity index (χ0n) is 7.15. The van der Waals surface area contributed by atoms with E-state index in [1.165, 1.54) is 18.2 Å². The number of carbonyl (C=O) groups is 1. The van der Waals surface area contributed by atoms with E-state index in [0.717, 1.165) is 5.56 Å². The normalized spacial score (nSPS) is 14.8. The van der Waals surface area contributed by atoms with Crippen LogP contribution in [-0.2, 0) is 16.1 Å². The Kier molecular flexibility index (Phi) is 1.70. The average molecular weight is 179 g/mol. The predicted octanol–water partition coefficient (Wildman–Crippen LogP) is 0.843. The van der Waals surface area contributed by atoms with Gasteiger partial charge in [0.1, 0.15) is 5.75 Å². The lowest BCUT2D eigenvalue weighted by Crippen LogP contribution is -2.24. The van der Waals surface area contributed by atoms with Crippen LogP contribution in [0.4, 0.5) is 5.69 Å². The first-order valence-electron chi connectivity index (χ1n) is 3.91. The number of anilines is 1. The molecule has 0 saturated heterocycles. The second-order valence-corrected chi connectivity index (χ2v) is 2.86. The van der Waals surface area contributed by atoms with E-state index in [1.807, 2.05) is 0 Å². The minimum absolute atomic E-state index is 0.108. The molecule has 2 rings (SSSR count). The van der Waals surface area contributed by atoms with Gasteiger partial charge in [0.2, 0.25) is 0 Å². The molecule has 0 aliphatic carbocycles. The summed E-state index contributed by atoms with van der Waals surface area (Å²) in [4.78, 5) is 16.2. The first-order valence-corrected chi connectivity index (χ1v) is 3.91. The monoisotopic (exact) mass is 179 g/mol. The third-order valence-electron chi connectivity index (χ3n) is 2.03. The molecule has 1 amide bonds. The van der Waals surface area contributed by atoms with Crippen LogP contribution in [0.5, 0.6) is 5.75 Å². The molecule has 1 aliphatic rings. The minimum Gasteiger partial charge on any atom is -0.508 e. The Labute approximate surface area is 75.3 Å². The fraction of sp³-hybridized carbons (Fsp3) is 0.222. The Morgan fingerprint density at radius 1 is 1.54 bits per heavy atom. The van der Waals surface area contributed by atoms with Crippen molar-refractivity contribution in [3.63, 3.8) is 0 Å². The number of phenols is 1. The minimum atomic E-state index is -0.108. The van der Waals surface area contributed by atoms with Crippen molar-refractivity contribution in [2.45, 2.75) is 6.42 Å². The molecule has 0 fully saturated rings. The maximum Gasteiger partial charge on any atom is 0.255 e. The molecule has 4 nitrogen and oxygen atoms in total. The lowest BCUT2D eigenvalue weighted by molar-refractivity contribution is -0.123. The van der Waals surface area contributed by atoms with E-state index in [-0.39, 0.29) is 18.1 Å². The summed E-state index contributed by atoms with van der Waals surface area (Å²) in [6.07, 6.45) is 0.289. The van der Waals surface area contributed by atoms with Crippen molar-refractivity contribution in [3.05, 3.63) is 23.8 Å². The van der Waals surface area contributed by atoms with Gasteiger partial charge in [0.05, 0.1) is 19.2 Å². The highest BCUT2D eigenvalue weighted by Gasteiger charge is 2.27. The number of hydroxylamine groups is 1. The molecule has 0 atom stereocenters. The van der Waals surface area contributed by atoms with E-state index in [9.17, 15) is 9.90 Å². The number of rotatable bonds is 1. The molecule has 0 saturated carbocycles. The Balaban J connectivity index is 2.48. The molecule has 1 aromatic rings. The molecule has 0 aromatic heterocycles. The van der Waals surface area contributed by atoms with E-state index < -0.39 is 0 Å². The van der Waals surface area contributed by atoms with Crippen LogP contribution in [0.3, 0.4) is 0 Å². The lowest BCUT2D eigenvalue weighted by Gasteiger charge is -2.12. The van der Waals surface area contributed by atoms with Gasteiger partial charge in [0.25, 0.3) is 5.91 Å². The SMILES string of the molecule is CON1C(=O)Cc2cc(O)ccc21. The van der Waals surface area contributed by atoms with Crippen LogP contribution in [0.15, 0.2) is 18.2 Å². The van der Waals surface area contributed by atoms with Crippen molar-refractivity contribution in [2.75, 3.05) is 12.2 Å². The number of amides is 1. The van der Waals surface area contributed by atoms with Gasteiger partial charge in [-0.15, -0.1) is 0 Å². The van der Waals surface area contributed by atoms with E-state index >= 15 is 0 Å². The molecule has 0 spiro atoms. The van der Waals surface area contributed by atoms with Gasteiger partial charge in [-0.2, -0.15) is 5.06 Å². The van der Waals surface area contributed by atoms with E-state index in [2.05, 4.69) is 0 Å². The van der Waals surface area contributed by atoms with Crippen molar-refractivity contribution >= 4 is 11.6 Å². The van der Waals surface area contributed by atoms with Gasteiger partial charge < -0.3 is 5.11 Å². The van der Waals surface area contributed by atoms with E-state index in [1.54, 1.807) is 12.1 Å². The predicted molar refractivity (Wildman–Crippen MR) is 46.3 cm³/mol. The summed E-state index contributed by atoms with van der Waals surface area (Å²) in [5.41, 5.74) is 1.51. The molecule has 1 aliphatic heterocycles. The van der Waals surface area contributed by atoms with Crippen LogP contribution in [0.2, 0.25) is 0 Å². The zero-order valence-corrected chi connectivity index (χ0v) is 7.15. The summed E-state index contributed by atoms with van der Waals surface area (Å²) in [6, 6.07) is 4.77. The second kappa shape index (κ2) is 2.74. The molecule has 4 heteroatoms. The average Bonchev–Trinajstić information content (AvgIpc) is 2.39. The molecule has 68 valence electrons. The molecule has 1 aromatic carbocycles. The van der Waals surface area contributed by atoms with Gasteiger partial charge in [-0.25, -0.2) is 0 Å². The number of hydrogen-bond acceptors (Lipinski definition) is 3. The fourth-order valence-electron chi connectivity index (χ4n) is 1.48. The van der Waals surface area contributed by atoms with Crippen LogP contribution in [0.25, 0.3) is 0 Å². The van der Waals surface area contributed by atoms with Gasteiger partial charge in [-0.1, -0.05) is 0 Å². The number of phenolic OH excluding ortho intramolecular Hbond substituents is 1. The zero-order chi connectivity index (χ0) is 9.42. The molecule has 1 N–H and O–H groups in total. The first-order chi connectivity index (χ1) is 6.22. The van der Waals surface area contributed by atoms with E-state index in [4.69, 9.17) is 4.84 Å². The lowest BCUT2D eigenvalue weighted by atomic mass is 10.1. The van der Waals surface area contributed by atoms with Crippen molar-refractivity contribution in [1.29, 1.82) is 0 Å². The molecule has 0 bridgehead atoms. The van der Waals surface area contributed by atoms with Gasteiger partial charge in [0, 0.05) is 0 Å². The third-order valence-corrected chi connectivity index (χ3v) is 2.03. The van der Waals surface area contributed by atoms with Crippen molar-refractivity contribution in [1.82, 2.24) is 0 Å². The standard InChI is InChI=1S/C9H9NO3/c1-13-10-8-3-2-7(11)4-6(8)5-9(10)12/h2-4,11H,5H2,1H3. The molecular weight excluding hydrogens is 170 g/mol. The van der Waals surface area contributed by atoms with Crippen molar-refractivity contribution in [3.8, 4) is 5.75 Å². The van der Waals surface area contributed by atoms with Gasteiger partial charge >= 0.3 is 0 Å². The number of fused-ring (bicyclic) bond motifs is 1. The quantitative estimate of drug-likeness (QED) is 0.695. The Morgan fingerprint density at radius 2 is 2.31 bits per heavy atom. The summed E-state index contributed by atoms with van der Waals surface area (Å²) in [6.45, 7) is 0. The summed E-state index contributed by atoms with van der Waals surface area (Å²) in [5, 5.41) is 10.4. The molecule has 0 radical (unpaired) electrons. The number of carbonyl (C=O) groups excluding carboxylic acids is 1. The summed E-state index contributed by atoms with van der Waals surface area (Å²) >= 11 is 0. The first kappa shape index (κ1) is 8.07. The summed E-state index contributed by atoms with van der Waals surface area (Å²) in [7, 11) is 1.44. The Morgan fingerprint density at radius 3 is 3.00 bits per heavy atom. The number of nitrogens with zero attached hydrogens (tertiary/aromatic N) is 1. The van der Waals surface area contributed by atoms with Crippen LogP contribution in [0, 0.1) is 0 Å². The third kappa shape index (κ3) is 1.15. The largest absolute Gasteiger partial charge is 0.508 e. The van der Waals surface area contributed by atoms with Crippen molar-refractivity contribution < 1.29 is 14.7 Å². The smallest absolute Gasteiger partial charge is 0.255 e. The maximum atomic E-state index is 11.3. The Bertz CT molecular complexity index is 362.